The molecular formula is C14H25NO3. The van der Waals surface area contributed by atoms with Gasteiger partial charge in [-0.05, 0) is 25.7 Å². The lowest BCUT2D eigenvalue weighted by Gasteiger charge is -2.35. The molecule has 4 nitrogen and oxygen atoms in total. The lowest BCUT2D eigenvalue weighted by atomic mass is 9.79. The van der Waals surface area contributed by atoms with E-state index in [-0.39, 0.29) is 5.97 Å². The number of hydrogen-bond donors (Lipinski definition) is 2. The minimum absolute atomic E-state index is 0.304. The second-order valence-electron chi connectivity index (χ2n) is 5.44. The van der Waals surface area contributed by atoms with Gasteiger partial charge >= 0.3 is 5.97 Å². The van der Waals surface area contributed by atoms with Gasteiger partial charge in [0.05, 0.1) is 12.7 Å². The van der Waals surface area contributed by atoms with Gasteiger partial charge in [-0.3, -0.25) is 0 Å². The zero-order valence-electron chi connectivity index (χ0n) is 11.7. The topological polar surface area (TPSA) is 58.6 Å². The number of carbonyl (C=O) groups excluding carboxylic acids is 1. The molecule has 0 heterocycles. The van der Waals surface area contributed by atoms with E-state index >= 15 is 0 Å². The van der Waals surface area contributed by atoms with Crippen molar-refractivity contribution in [2.75, 3.05) is 20.2 Å². The maximum Gasteiger partial charge on any atom is 0.333 e. The molecule has 104 valence electrons. The van der Waals surface area contributed by atoms with Crippen LogP contribution in [-0.4, -0.2) is 36.9 Å². The molecular weight excluding hydrogens is 230 g/mol. The van der Waals surface area contributed by atoms with Gasteiger partial charge in [0.15, 0.2) is 0 Å². The van der Waals surface area contributed by atoms with Crippen molar-refractivity contribution in [1.82, 2.24) is 5.32 Å². The molecule has 0 aliphatic heterocycles. The van der Waals surface area contributed by atoms with E-state index < -0.39 is 5.60 Å². The number of aliphatic hydroxyl groups is 1. The molecule has 1 rings (SSSR count). The largest absolute Gasteiger partial charge is 0.466 e. The van der Waals surface area contributed by atoms with E-state index in [2.05, 4.69) is 17.0 Å². The first kappa shape index (κ1) is 15.2. The molecule has 0 spiro atoms. The minimum atomic E-state index is -0.579. The van der Waals surface area contributed by atoms with E-state index in [0.29, 0.717) is 24.6 Å². The van der Waals surface area contributed by atoms with Crippen LogP contribution < -0.4 is 5.32 Å². The summed E-state index contributed by atoms with van der Waals surface area (Å²) in [6.07, 6.45) is 5.82. The Morgan fingerprint density at radius 2 is 2.33 bits per heavy atom. The fraction of sp³-hybridized carbons (Fsp3) is 0.786. The van der Waals surface area contributed by atoms with Crippen LogP contribution in [0.15, 0.2) is 11.6 Å². The van der Waals surface area contributed by atoms with Crippen molar-refractivity contribution in [3.63, 3.8) is 0 Å². The third kappa shape index (κ3) is 4.78. The SMILES string of the molecule is COC(=O)C(C)=CCNCC1(O)CCCC(C)C1. The van der Waals surface area contributed by atoms with Crippen LogP contribution in [0.4, 0.5) is 0 Å². The fourth-order valence-corrected chi connectivity index (χ4v) is 2.57. The molecule has 0 amide bonds. The van der Waals surface area contributed by atoms with Gasteiger partial charge in [0.25, 0.3) is 0 Å². The third-order valence-corrected chi connectivity index (χ3v) is 3.58. The van der Waals surface area contributed by atoms with E-state index in [1.165, 1.54) is 13.5 Å². The number of ether oxygens (including phenoxy) is 1. The summed E-state index contributed by atoms with van der Waals surface area (Å²) in [6.45, 7) is 5.08. The van der Waals surface area contributed by atoms with E-state index in [0.717, 1.165) is 19.3 Å². The van der Waals surface area contributed by atoms with E-state index in [1.54, 1.807) is 13.0 Å². The first-order valence-corrected chi connectivity index (χ1v) is 6.65. The molecule has 0 saturated heterocycles. The number of carbonyl (C=O) groups is 1. The highest BCUT2D eigenvalue weighted by molar-refractivity contribution is 5.87. The highest BCUT2D eigenvalue weighted by atomic mass is 16.5. The molecule has 2 unspecified atom stereocenters. The van der Waals surface area contributed by atoms with Crippen LogP contribution in [0.3, 0.4) is 0 Å². The monoisotopic (exact) mass is 255 g/mol. The molecule has 2 atom stereocenters. The Morgan fingerprint density at radius 3 is 2.94 bits per heavy atom. The average Bonchev–Trinajstić information content (AvgIpc) is 2.33. The summed E-state index contributed by atoms with van der Waals surface area (Å²) in [5.74, 6) is 0.291. The highest BCUT2D eigenvalue weighted by Crippen LogP contribution is 2.31. The van der Waals surface area contributed by atoms with Gasteiger partial charge in [0, 0.05) is 18.7 Å². The van der Waals surface area contributed by atoms with Crippen LogP contribution in [0.1, 0.15) is 39.5 Å². The van der Waals surface area contributed by atoms with Crippen molar-refractivity contribution < 1.29 is 14.6 Å². The Labute approximate surface area is 109 Å². The molecule has 1 aliphatic rings. The number of methoxy groups -OCH3 is 1. The van der Waals surface area contributed by atoms with Gasteiger partial charge in [-0.15, -0.1) is 0 Å². The maximum atomic E-state index is 11.1. The quantitative estimate of drug-likeness (QED) is 0.445. The number of hydrogen-bond acceptors (Lipinski definition) is 4. The summed E-state index contributed by atoms with van der Waals surface area (Å²) >= 11 is 0. The maximum absolute atomic E-state index is 11.1. The second kappa shape index (κ2) is 6.90. The lowest BCUT2D eigenvalue weighted by molar-refractivity contribution is -0.136. The molecule has 0 bridgehead atoms. The minimum Gasteiger partial charge on any atom is -0.466 e. The van der Waals surface area contributed by atoms with Crippen LogP contribution in [-0.2, 0) is 9.53 Å². The number of nitrogens with one attached hydrogen (secondary N) is 1. The van der Waals surface area contributed by atoms with Crippen molar-refractivity contribution in [1.29, 1.82) is 0 Å². The summed E-state index contributed by atoms with van der Waals surface area (Å²) in [5, 5.41) is 13.6. The van der Waals surface area contributed by atoms with Crippen molar-refractivity contribution in [2.45, 2.75) is 45.1 Å². The molecule has 1 saturated carbocycles. The Bertz CT molecular complexity index is 314. The van der Waals surface area contributed by atoms with Gasteiger partial charge < -0.3 is 15.2 Å². The van der Waals surface area contributed by atoms with Crippen molar-refractivity contribution in [3.8, 4) is 0 Å². The molecule has 0 aromatic carbocycles. The molecule has 0 aromatic heterocycles. The van der Waals surface area contributed by atoms with Gasteiger partial charge in [-0.2, -0.15) is 0 Å². The smallest absolute Gasteiger partial charge is 0.333 e. The zero-order chi connectivity index (χ0) is 13.6. The van der Waals surface area contributed by atoms with Crippen LogP contribution in [0, 0.1) is 5.92 Å². The van der Waals surface area contributed by atoms with E-state index in [9.17, 15) is 9.90 Å². The van der Waals surface area contributed by atoms with Crippen LogP contribution in [0.5, 0.6) is 0 Å². The Kier molecular flexibility index (Phi) is 5.82. The van der Waals surface area contributed by atoms with E-state index in [4.69, 9.17) is 0 Å². The van der Waals surface area contributed by atoms with Gasteiger partial charge in [0.1, 0.15) is 0 Å². The number of rotatable bonds is 5. The normalized spacial score (nSPS) is 29.1. The predicted molar refractivity (Wildman–Crippen MR) is 71.2 cm³/mol. The van der Waals surface area contributed by atoms with E-state index in [1.807, 2.05) is 0 Å². The second-order valence-corrected chi connectivity index (χ2v) is 5.44. The standard InChI is InChI=1S/C14H25NO3/c1-11-5-4-7-14(17,9-11)10-15-8-6-12(2)13(16)18-3/h6,11,15,17H,4-5,7-10H2,1-3H3. The lowest BCUT2D eigenvalue weighted by Crippen LogP contribution is -2.44. The first-order chi connectivity index (χ1) is 8.47. The van der Waals surface area contributed by atoms with Crippen LogP contribution in [0.25, 0.3) is 0 Å². The predicted octanol–water partition coefficient (Wildman–Crippen LogP) is 1.64. The van der Waals surface area contributed by atoms with Gasteiger partial charge in [0.2, 0.25) is 0 Å². The Hall–Kier alpha value is -0.870. The van der Waals surface area contributed by atoms with Crippen LogP contribution in [0.2, 0.25) is 0 Å². The summed E-state index contributed by atoms with van der Waals surface area (Å²) in [4.78, 5) is 11.1. The molecule has 1 fully saturated rings. The highest BCUT2D eigenvalue weighted by Gasteiger charge is 2.31. The molecule has 18 heavy (non-hydrogen) atoms. The third-order valence-electron chi connectivity index (χ3n) is 3.58. The summed E-state index contributed by atoms with van der Waals surface area (Å²) < 4.78 is 4.61. The van der Waals surface area contributed by atoms with Crippen molar-refractivity contribution in [3.05, 3.63) is 11.6 Å². The molecule has 0 radical (unpaired) electrons. The molecule has 0 aromatic rings. The fourth-order valence-electron chi connectivity index (χ4n) is 2.57. The van der Waals surface area contributed by atoms with Crippen molar-refractivity contribution >= 4 is 5.97 Å². The molecule has 1 aliphatic carbocycles. The van der Waals surface area contributed by atoms with Crippen molar-refractivity contribution in [2.24, 2.45) is 5.92 Å². The molecule has 2 N–H and O–H groups in total. The van der Waals surface area contributed by atoms with Gasteiger partial charge in [-0.1, -0.05) is 25.8 Å². The summed E-state index contributed by atoms with van der Waals surface area (Å²) in [6, 6.07) is 0. The Morgan fingerprint density at radius 1 is 1.61 bits per heavy atom. The molecule has 4 heteroatoms. The Balaban J connectivity index is 2.31. The van der Waals surface area contributed by atoms with Gasteiger partial charge in [-0.25, -0.2) is 4.79 Å². The number of esters is 1. The summed E-state index contributed by atoms with van der Waals surface area (Å²) in [5.41, 5.74) is 0.0130. The first-order valence-electron chi connectivity index (χ1n) is 6.65. The van der Waals surface area contributed by atoms with Crippen LogP contribution >= 0.6 is 0 Å². The zero-order valence-corrected chi connectivity index (χ0v) is 11.7. The summed E-state index contributed by atoms with van der Waals surface area (Å²) in [7, 11) is 1.37. The average molecular weight is 255 g/mol.